The van der Waals surface area contributed by atoms with Gasteiger partial charge in [-0.25, -0.2) is 4.68 Å². The van der Waals surface area contributed by atoms with Gasteiger partial charge in [-0.2, -0.15) is 5.10 Å². The first-order valence-electron chi connectivity index (χ1n) is 8.21. The van der Waals surface area contributed by atoms with Crippen molar-refractivity contribution in [3.05, 3.63) is 47.3 Å². The van der Waals surface area contributed by atoms with Crippen molar-refractivity contribution in [2.75, 3.05) is 13.1 Å². The van der Waals surface area contributed by atoms with E-state index in [0.717, 1.165) is 22.6 Å². The van der Waals surface area contributed by atoms with Crippen LogP contribution in [0, 0.1) is 19.8 Å². The SMILES string of the molecule is Cc1nn(-c2ccccc2)c(C)c1CN1CC[C@H](C(=O)O)[C@H](O)C1. The Kier molecular flexibility index (Phi) is 4.69. The highest BCUT2D eigenvalue weighted by Gasteiger charge is 2.33. The van der Waals surface area contributed by atoms with Crippen molar-refractivity contribution in [2.45, 2.75) is 32.9 Å². The summed E-state index contributed by atoms with van der Waals surface area (Å²) in [5.74, 6) is -1.57. The number of aryl methyl sites for hydroxylation is 1. The smallest absolute Gasteiger partial charge is 0.309 e. The third kappa shape index (κ3) is 3.20. The number of carboxylic acid groups (broad SMARTS) is 1. The number of aliphatic hydroxyl groups excluding tert-OH is 1. The summed E-state index contributed by atoms with van der Waals surface area (Å²) < 4.78 is 1.94. The molecule has 3 rings (SSSR count). The number of benzene rings is 1. The minimum absolute atomic E-state index is 0.381. The zero-order chi connectivity index (χ0) is 17.3. The van der Waals surface area contributed by atoms with E-state index < -0.39 is 18.0 Å². The van der Waals surface area contributed by atoms with Crippen LogP contribution in [0.3, 0.4) is 0 Å². The van der Waals surface area contributed by atoms with Gasteiger partial charge in [0.15, 0.2) is 0 Å². The molecule has 0 bridgehead atoms. The number of hydrogen-bond acceptors (Lipinski definition) is 4. The van der Waals surface area contributed by atoms with Gasteiger partial charge in [0.2, 0.25) is 0 Å². The molecular weight excluding hydrogens is 306 g/mol. The summed E-state index contributed by atoms with van der Waals surface area (Å²) >= 11 is 0. The molecule has 2 atom stereocenters. The second-order valence-corrected chi connectivity index (χ2v) is 6.43. The van der Waals surface area contributed by atoms with Crippen LogP contribution in [0.1, 0.15) is 23.4 Å². The minimum atomic E-state index is -0.911. The third-order valence-electron chi connectivity index (χ3n) is 4.81. The maximum atomic E-state index is 11.1. The number of carboxylic acids is 1. The Hall–Kier alpha value is -2.18. The number of piperidine rings is 1. The molecule has 1 aromatic heterocycles. The van der Waals surface area contributed by atoms with Crippen LogP contribution in [0.4, 0.5) is 0 Å². The van der Waals surface area contributed by atoms with Crippen molar-refractivity contribution in [3.63, 3.8) is 0 Å². The largest absolute Gasteiger partial charge is 0.481 e. The number of aliphatic carboxylic acids is 1. The molecule has 0 spiro atoms. The first-order chi connectivity index (χ1) is 11.5. The lowest BCUT2D eigenvalue weighted by Gasteiger charge is -2.33. The quantitative estimate of drug-likeness (QED) is 0.893. The Labute approximate surface area is 141 Å². The molecule has 0 saturated carbocycles. The second-order valence-electron chi connectivity index (χ2n) is 6.43. The van der Waals surface area contributed by atoms with Crippen LogP contribution in [0.15, 0.2) is 30.3 Å². The predicted octanol–water partition coefficient (Wildman–Crippen LogP) is 1.76. The number of β-amino-alcohol motifs (C(OH)–C–C–N with tert-alkyl or cyclic N) is 1. The van der Waals surface area contributed by atoms with Crippen LogP contribution in [0.25, 0.3) is 5.69 Å². The van der Waals surface area contributed by atoms with Crippen molar-refractivity contribution in [3.8, 4) is 5.69 Å². The number of hydrogen-bond donors (Lipinski definition) is 2. The zero-order valence-electron chi connectivity index (χ0n) is 14.0. The van der Waals surface area contributed by atoms with Gasteiger partial charge in [-0.05, 0) is 38.9 Å². The van der Waals surface area contributed by atoms with E-state index in [0.29, 0.717) is 26.1 Å². The van der Waals surface area contributed by atoms with Gasteiger partial charge in [0.05, 0.1) is 23.4 Å². The Balaban J connectivity index is 1.77. The van der Waals surface area contributed by atoms with Crippen LogP contribution in [-0.4, -0.2) is 50.1 Å². The fourth-order valence-electron chi connectivity index (χ4n) is 3.38. The zero-order valence-corrected chi connectivity index (χ0v) is 14.0. The van der Waals surface area contributed by atoms with Crippen molar-refractivity contribution in [2.24, 2.45) is 5.92 Å². The summed E-state index contributed by atoms with van der Waals surface area (Å²) in [6.45, 7) is 5.76. The molecule has 1 aliphatic heterocycles. The summed E-state index contributed by atoms with van der Waals surface area (Å²) in [6.07, 6.45) is -0.345. The average Bonchev–Trinajstić information content (AvgIpc) is 2.83. The highest BCUT2D eigenvalue weighted by atomic mass is 16.4. The summed E-state index contributed by atoms with van der Waals surface area (Å²) in [5.41, 5.74) is 4.20. The van der Waals surface area contributed by atoms with Crippen molar-refractivity contribution < 1.29 is 15.0 Å². The lowest BCUT2D eigenvalue weighted by Crippen LogP contribution is -2.46. The molecule has 2 N–H and O–H groups in total. The van der Waals surface area contributed by atoms with E-state index in [1.807, 2.05) is 48.9 Å². The van der Waals surface area contributed by atoms with Crippen LogP contribution in [0.5, 0.6) is 0 Å². The fraction of sp³-hybridized carbons (Fsp3) is 0.444. The Morgan fingerprint density at radius 3 is 2.62 bits per heavy atom. The monoisotopic (exact) mass is 329 g/mol. The molecule has 1 aromatic carbocycles. The van der Waals surface area contributed by atoms with E-state index in [9.17, 15) is 9.90 Å². The fourth-order valence-corrected chi connectivity index (χ4v) is 3.38. The molecule has 0 amide bonds. The topological polar surface area (TPSA) is 78.6 Å². The van der Waals surface area contributed by atoms with Gasteiger partial charge in [0.1, 0.15) is 0 Å². The van der Waals surface area contributed by atoms with Crippen LogP contribution < -0.4 is 0 Å². The van der Waals surface area contributed by atoms with Gasteiger partial charge < -0.3 is 10.2 Å². The van der Waals surface area contributed by atoms with Gasteiger partial charge >= 0.3 is 5.97 Å². The molecule has 1 aliphatic rings. The first kappa shape index (κ1) is 16.7. The van der Waals surface area contributed by atoms with Gasteiger partial charge in [-0.1, -0.05) is 18.2 Å². The third-order valence-corrected chi connectivity index (χ3v) is 4.81. The summed E-state index contributed by atoms with van der Waals surface area (Å²) in [7, 11) is 0. The van der Waals surface area contributed by atoms with Crippen molar-refractivity contribution in [1.29, 1.82) is 0 Å². The Bertz CT molecular complexity index is 727. The summed E-state index contributed by atoms with van der Waals surface area (Å²) in [5, 5.41) is 23.8. The number of carbonyl (C=O) groups is 1. The molecule has 24 heavy (non-hydrogen) atoms. The molecule has 2 aromatic rings. The van der Waals surface area contributed by atoms with E-state index in [4.69, 9.17) is 5.11 Å². The number of rotatable bonds is 4. The van der Waals surface area contributed by atoms with E-state index in [2.05, 4.69) is 10.00 Å². The molecule has 2 heterocycles. The normalized spacial score (nSPS) is 21.8. The maximum absolute atomic E-state index is 11.1. The van der Waals surface area contributed by atoms with Crippen LogP contribution >= 0.6 is 0 Å². The van der Waals surface area contributed by atoms with Crippen LogP contribution in [0.2, 0.25) is 0 Å². The molecule has 128 valence electrons. The predicted molar refractivity (Wildman–Crippen MR) is 90.1 cm³/mol. The minimum Gasteiger partial charge on any atom is -0.481 e. The molecule has 6 nitrogen and oxygen atoms in total. The molecule has 6 heteroatoms. The maximum Gasteiger partial charge on any atom is 0.309 e. The second kappa shape index (κ2) is 6.75. The van der Waals surface area contributed by atoms with E-state index in [-0.39, 0.29) is 0 Å². The molecule has 0 radical (unpaired) electrons. The highest BCUT2D eigenvalue weighted by molar-refractivity contribution is 5.70. The van der Waals surface area contributed by atoms with E-state index >= 15 is 0 Å². The van der Waals surface area contributed by atoms with Gasteiger partial charge in [-0.3, -0.25) is 9.69 Å². The van der Waals surface area contributed by atoms with Crippen molar-refractivity contribution in [1.82, 2.24) is 14.7 Å². The molecule has 1 fully saturated rings. The van der Waals surface area contributed by atoms with E-state index in [1.54, 1.807) is 0 Å². The van der Waals surface area contributed by atoms with Gasteiger partial charge in [-0.15, -0.1) is 0 Å². The molecule has 0 aliphatic carbocycles. The number of para-hydroxylation sites is 1. The van der Waals surface area contributed by atoms with E-state index in [1.165, 1.54) is 0 Å². The van der Waals surface area contributed by atoms with Gasteiger partial charge in [0, 0.05) is 24.3 Å². The number of nitrogens with zero attached hydrogens (tertiary/aromatic N) is 3. The number of aromatic nitrogens is 2. The molecule has 1 saturated heterocycles. The van der Waals surface area contributed by atoms with Crippen LogP contribution in [-0.2, 0) is 11.3 Å². The number of likely N-dealkylation sites (tertiary alicyclic amines) is 1. The summed E-state index contributed by atoms with van der Waals surface area (Å²) in [6, 6.07) is 9.98. The Morgan fingerprint density at radius 2 is 2.00 bits per heavy atom. The number of aliphatic hydroxyl groups is 1. The lowest BCUT2D eigenvalue weighted by atomic mass is 9.93. The summed E-state index contributed by atoms with van der Waals surface area (Å²) in [4.78, 5) is 13.2. The Morgan fingerprint density at radius 1 is 1.29 bits per heavy atom. The molecule has 0 unspecified atom stereocenters. The average molecular weight is 329 g/mol. The van der Waals surface area contributed by atoms with Gasteiger partial charge in [0.25, 0.3) is 0 Å². The standard InChI is InChI=1S/C18H23N3O3/c1-12-16(10-20-9-8-15(18(23)24)17(22)11-20)13(2)21(19-12)14-6-4-3-5-7-14/h3-7,15,17,22H,8-11H2,1-2H3,(H,23,24)/t15-,17+/m0/s1. The van der Waals surface area contributed by atoms with Crippen molar-refractivity contribution >= 4 is 5.97 Å². The lowest BCUT2D eigenvalue weighted by molar-refractivity contribution is -0.148. The first-order valence-corrected chi connectivity index (χ1v) is 8.21. The molecular formula is C18H23N3O3. The highest BCUT2D eigenvalue weighted by Crippen LogP contribution is 2.23.